The summed E-state index contributed by atoms with van der Waals surface area (Å²) in [4.78, 5) is 19.2. The third-order valence-electron chi connectivity index (χ3n) is 2.24. The van der Waals surface area contributed by atoms with Crippen molar-refractivity contribution in [3.8, 4) is 0 Å². The number of hydrogen-bond donors (Lipinski definition) is 1. The fourth-order valence-electron chi connectivity index (χ4n) is 1.33. The van der Waals surface area contributed by atoms with Gasteiger partial charge in [0.05, 0.1) is 30.2 Å². The van der Waals surface area contributed by atoms with Crippen LogP contribution in [0.15, 0.2) is 30.6 Å². The molecule has 0 aliphatic rings. The minimum absolute atomic E-state index is 0.154. The summed E-state index contributed by atoms with van der Waals surface area (Å²) in [5, 5.41) is 3.62. The molecule has 1 N–H and O–H groups in total. The molecular weight excluding hydrogens is 381 g/mol. The molecule has 0 radical (unpaired) electrons. The summed E-state index contributed by atoms with van der Waals surface area (Å²) >= 11 is 8.25. The number of benzene rings is 1. The fourth-order valence-corrected chi connectivity index (χ4v) is 1.99. The molecule has 0 atom stereocenters. The maximum Gasteiger partial charge on any atom is 0.358 e. The van der Waals surface area contributed by atoms with Crippen LogP contribution in [-0.4, -0.2) is 23.0 Å². The summed E-state index contributed by atoms with van der Waals surface area (Å²) in [5.41, 5.74) is 0.885. The fraction of sp³-hybridized carbons (Fsp3) is 0.0833. The Labute approximate surface area is 128 Å². The summed E-state index contributed by atoms with van der Waals surface area (Å²) in [5.74, 6) is -0.0251. The number of esters is 1. The van der Waals surface area contributed by atoms with Gasteiger partial charge in [0, 0.05) is 3.57 Å². The van der Waals surface area contributed by atoms with E-state index in [1.807, 2.05) is 12.1 Å². The average Bonchev–Trinajstić information content (AvgIpc) is 2.43. The molecule has 0 saturated heterocycles. The van der Waals surface area contributed by atoms with Gasteiger partial charge in [0.25, 0.3) is 0 Å². The highest BCUT2D eigenvalue weighted by Crippen LogP contribution is 2.26. The molecule has 0 saturated carbocycles. The average molecular weight is 390 g/mol. The number of halogens is 2. The first-order valence-corrected chi connectivity index (χ1v) is 6.68. The van der Waals surface area contributed by atoms with Gasteiger partial charge >= 0.3 is 5.97 Å². The van der Waals surface area contributed by atoms with Crippen LogP contribution in [0.3, 0.4) is 0 Å². The predicted molar refractivity (Wildman–Crippen MR) is 80.8 cm³/mol. The Morgan fingerprint density at radius 1 is 1.37 bits per heavy atom. The van der Waals surface area contributed by atoms with Gasteiger partial charge < -0.3 is 10.1 Å². The summed E-state index contributed by atoms with van der Waals surface area (Å²) in [6, 6.07) is 5.58. The van der Waals surface area contributed by atoms with Crippen molar-refractivity contribution in [3.63, 3.8) is 0 Å². The zero-order chi connectivity index (χ0) is 13.8. The summed E-state index contributed by atoms with van der Waals surface area (Å²) in [6.45, 7) is 0. The van der Waals surface area contributed by atoms with Crippen molar-refractivity contribution in [3.05, 3.63) is 44.9 Å². The second kappa shape index (κ2) is 6.16. The van der Waals surface area contributed by atoms with Crippen LogP contribution in [0.4, 0.5) is 11.5 Å². The van der Waals surface area contributed by atoms with E-state index in [9.17, 15) is 4.79 Å². The zero-order valence-corrected chi connectivity index (χ0v) is 12.8. The van der Waals surface area contributed by atoms with Gasteiger partial charge in [0.1, 0.15) is 5.82 Å². The zero-order valence-electron chi connectivity index (χ0n) is 9.85. The van der Waals surface area contributed by atoms with Crippen LogP contribution < -0.4 is 5.32 Å². The lowest BCUT2D eigenvalue weighted by atomic mass is 10.3. The first kappa shape index (κ1) is 14.0. The van der Waals surface area contributed by atoms with Crippen molar-refractivity contribution in [1.29, 1.82) is 0 Å². The number of nitrogens with one attached hydrogen (secondary N) is 1. The van der Waals surface area contributed by atoms with Gasteiger partial charge in [-0.3, -0.25) is 0 Å². The molecule has 0 fully saturated rings. The van der Waals surface area contributed by atoms with Crippen molar-refractivity contribution in [2.24, 2.45) is 0 Å². The largest absolute Gasteiger partial charge is 0.464 e. The van der Waals surface area contributed by atoms with Gasteiger partial charge in [0.15, 0.2) is 5.69 Å². The van der Waals surface area contributed by atoms with E-state index in [0.29, 0.717) is 10.8 Å². The molecule has 0 bridgehead atoms. The smallest absolute Gasteiger partial charge is 0.358 e. The molecule has 1 aromatic carbocycles. The SMILES string of the molecule is COC(=O)c1cnc(Nc2cc(I)ccc2Cl)cn1. The lowest BCUT2D eigenvalue weighted by Crippen LogP contribution is -2.05. The topological polar surface area (TPSA) is 64.1 Å². The quantitative estimate of drug-likeness (QED) is 0.645. The van der Waals surface area contributed by atoms with Gasteiger partial charge in [0.2, 0.25) is 0 Å². The lowest BCUT2D eigenvalue weighted by molar-refractivity contribution is 0.0593. The van der Waals surface area contributed by atoms with E-state index in [-0.39, 0.29) is 5.69 Å². The van der Waals surface area contributed by atoms with E-state index in [1.54, 1.807) is 6.07 Å². The molecule has 0 spiro atoms. The second-order valence-corrected chi connectivity index (χ2v) is 5.18. The number of ether oxygens (including phenoxy) is 1. The molecule has 1 heterocycles. The molecule has 19 heavy (non-hydrogen) atoms. The third kappa shape index (κ3) is 3.54. The monoisotopic (exact) mass is 389 g/mol. The molecule has 98 valence electrons. The van der Waals surface area contributed by atoms with Crippen LogP contribution >= 0.6 is 34.2 Å². The second-order valence-electron chi connectivity index (χ2n) is 3.53. The number of aromatic nitrogens is 2. The molecule has 0 unspecified atom stereocenters. The van der Waals surface area contributed by atoms with Crippen LogP contribution in [-0.2, 0) is 4.74 Å². The summed E-state index contributed by atoms with van der Waals surface area (Å²) in [7, 11) is 1.29. The van der Waals surface area contributed by atoms with Crippen molar-refractivity contribution in [2.45, 2.75) is 0 Å². The van der Waals surface area contributed by atoms with E-state index in [2.05, 4.69) is 42.6 Å². The lowest BCUT2D eigenvalue weighted by Gasteiger charge is -2.08. The number of carbonyl (C=O) groups is 1. The Bertz CT molecular complexity index is 604. The minimum atomic E-state index is -0.522. The van der Waals surface area contributed by atoms with E-state index in [0.717, 1.165) is 9.26 Å². The molecule has 0 amide bonds. The number of methoxy groups -OCH3 is 1. The van der Waals surface area contributed by atoms with Crippen LogP contribution in [0.1, 0.15) is 10.5 Å². The van der Waals surface area contributed by atoms with Crippen LogP contribution in [0.25, 0.3) is 0 Å². The highest BCUT2D eigenvalue weighted by molar-refractivity contribution is 14.1. The first-order chi connectivity index (χ1) is 9.10. The van der Waals surface area contributed by atoms with E-state index in [1.165, 1.54) is 19.5 Å². The Kier molecular flexibility index (Phi) is 4.54. The number of anilines is 2. The molecule has 2 aromatic rings. The van der Waals surface area contributed by atoms with Gasteiger partial charge in [-0.25, -0.2) is 14.8 Å². The number of hydrogen-bond acceptors (Lipinski definition) is 5. The summed E-state index contributed by atoms with van der Waals surface area (Å²) < 4.78 is 5.59. The van der Waals surface area contributed by atoms with Crippen molar-refractivity contribution in [1.82, 2.24) is 9.97 Å². The normalized spacial score (nSPS) is 10.1. The molecule has 1 aromatic heterocycles. The van der Waals surface area contributed by atoms with Crippen LogP contribution in [0, 0.1) is 3.57 Å². The Morgan fingerprint density at radius 2 is 2.16 bits per heavy atom. The predicted octanol–water partition coefficient (Wildman–Crippen LogP) is 3.26. The van der Waals surface area contributed by atoms with Gasteiger partial charge in [-0.05, 0) is 40.8 Å². The molecule has 7 heteroatoms. The summed E-state index contributed by atoms with van der Waals surface area (Å²) in [6.07, 6.45) is 2.79. The van der Waals surface area contributed by atoms with Crippen molar-refractivity contribution >= 4 is 51.7 Å². The van der Waals surface area contributed by atoms with Gasteiger partial charge in [-0.2, -0.15) is 0 Å². The minimum Gasteiger partial charge on any atom is -0.464 e. The highest BCUT2D eigenvalue weighted by Gasteiger charge is 2.08. The van der Waals surface area contributed by atoms with Gasteiger partial charge in [-0.1, -0.05) is 11.6 Å². The molecule has 5 nitrogen and oxygen atoms in total. The third-order valence-corrected chi connectivity index (χ3v) is 3.24. The Hall–Kier alpha value is -1.41. The first-order valence-electron chi connectivity index (χ1n) is 5.22. The molecule has 2 rings (SSSR count). The van der Waals surface area contributed by atoms with Crippen LogP contribution in [0.5, 0.6) is 0 Å². The number of carbonyl (C=O) groups excluding carboxylic acids is 1. The molecule has 0 aliphatic heterocycles. The maximum absolute atomic E-state index is 11.2. The molecule has 0 aliphatic carbocycles. The van der Waals surface area contributed by atoms with Crippen molar-refractivity contribution in [2.75, 3.05) is 12.4 Å². The van der Waals surface area contributed by atoms with Crippen molar-refractivity contribution < 1.29 is 9.53 Å². The van der Waals surface area contributed by atoms with Crippen LogP contribution in [0.2, 0.25) is 5.02 Å². The number of nitrogens with zero attached hydrogens (tertiary/aromatic N) is 2. The maximum atomic E-state index is 11.2. The Balaban J connectivity index is 2.19. The standard InChI is InChI=1S/C12H9ClIN3O2/c1-19-12(18)10-5-16-11(6-15-10)17-9-4-7(14)2-3-8(9)13/h2-6H,1H3,(H,16,17). The van der Waals surface area contributed by atoms with E-state index < -0.39 is 5.97 Å². The van der Waals surface area contributed by atoms with E-state index >= 15 is 0 Å². The molecular formula is C12H9ClIN3O2. The highest BCUT2D eigenvalue weighted by atomic mass is 127. The van der Waals surface area contributed by atoms with Gasteiger partial charge in [-0.15, -0.1) is 0 Å². The number of rotatable bonds is 3. The van der Waals surface area contributed by atoms with E-state index in [4.69, 9.17) is 11.6 Å². The Morgan fingerprint density at radius 3 is 2.79 bits per heavy atom.